The summed E-state index contributed by atoms with van der Waals surface area (Å²) in [4.78, 5) is 26.3. The lowest BCUT2D eigenvalue weighted by atomic mass is 10.1. The van der Waals surface area contributed by atoms with Crippen molar-refractivity contribution in [2.45, 2.75) is 45.4 Å². The molecular weight excluding hydrogens is 302 g/mol. The van der Waals surface area contributed by atoms with Gasteiger partial charge in [-0.05, 0) is 37.5 Å². The largest absolute Gasteiger partial charge is 0.376 e. The van der Waals surface area contributed by atoms with Gasteiger partial charge in [0.25, 0.3) is 5.91 Å². The van der Waals surface area contributed by atoms with Gasteiger partial charge in [0.1, 0.15) is 0 Å². The van der Waals surface area contributed by atoms with Crippen molar-refractivity contribution in [1.29, 1.82) is 0 Å². The molecule has 0 spiro atoms. The summed E-state index contributed by atoms with van der Waals surface area (Å²) < 4.78 is 0. The van der Waals surface area contributed by atoms with Gasteiger partial charge in [0.15, 0.2) is 0 Å². The van der Waals surface area contributed by atoms with Gasteiger partial charge in [0.2, 0.25) is 5.91 Å². The van der Waals surface area contributed by atoms with Crippen LogP contribution in [0.1, 0.15) is 55.8 Å². The molecule has 1 aliphatic rings. The van der Waals surface area contributed by atoms with Crippen molar-refractivity contribution < 1.29 is 9.59 Å². The molecule has 0 unspecified atom stereocenters. The van der Waals surface area contributed by atoms with Gasteiger partial charge in [-0.2, -0.15) is 0 Å². The third kappa shape index (κ3) is 5.87. The Labute approximate surface area is 144 Å². The van der Waals surface area contributed by atoms with E-state index in [0.717, 1.165) is 38.0 Å². The van der Waals surface area contributed by atoms with Crippen LogP contribution >= 0.6 is 0 Å². The van der Waals surface area contributed by atoms with E-state index < -0.39 is 0 Å². The van der Waals surface area contributed by atoms with E-state index in [-0.39, 0.29) is 18.4 Å². The SMILES string of the molecule is CCCNC(=O)c1cccc(NCC(=O)N2CCCCCCC2)c1. The zero-order chi connectivity index (χ0) is 17.2. The monoisotopic (exact) mass is 331 g/mol. The zero-order valence-electron chi connectivity index (χ0n) is 14.6. The molecule has 5 nitrogen and oxygen atoms in total. The number of amides is 2. The topological polar surface area (TPSA) is 61.4 Å². The van der Waals surface area contributed by atoms with Gasteiger partial charge in [0.05, 0.1) is 6.54 Å². The maximum Gasteiger partial charge on any atom is 0.251 e. The highest BCUT2D eigenvalue weighted by atomic mass is 16.2. The molecule has 1 heterocycles. The molecule has 0 bridgehead atoms. The highest BCUT2D eigenvalue weighted by Gasteiger charge is 2.14. The lowest BCUT2D eigenvalue weighted by Crippen LogP contribution is -2.37. The smallest absolute Gasteiger partial charge is 0.251 e. The molecule has 0 aliphatic carbocycles. The Morgan fingerprint density at radius 3 is 2.50 bits per heavy atom. The first-order valence-electron chi connectivity index (χ1n) is 9.10. The number of nitrogens with one attached hydrogen (secondary N) is 2. The van der Waals surface area contributed by atoms with Crippen LogP contribution in [-0.4, -0.2) is 42.9 Å². The summed E-state index contributed by atoms with van der Waals surface area (Å²) in [5.41, 5.74) is 1.42. The van der Waals surface area contributed by atoms with Gasteiger partial charge in [0, 0.05) is 30.9 Å². The quantitative estimate of drug-likeness (QED) is 0.842. The van der Waals surface area contributed by atoms with Gasteiger partial charge in [-0.1, -0.05) is 32.3 Å². The number of anilines is 1. The first kappa shape index (κ1) is 18.3. The Hall–Kier alpha value is -2.04. The second-order valence-corrected chi connectivity index (χ2v) is 6.34. The number of hydrogen-bond donors (Lipinski definition) is 2. The van der Waals surface area contributed by atoms with Crippen LogP contribution in [0.3, 0.4) is 0 Å². The molecule has 24 heavy (non-hydrogen) atoms. The molecule has 0 aromatic heterocycles. The molecule has 0 atom stereocenters. The molecule has 5 heteroatoms. The van der Waals surface area contributed by atoms with Gasteiger partial charge in [-0.25, -0.2) is 0 Å². The van der Waals surface area contributed by atoms with Crippen LogP contribution in [-0.2, 0) is 4.79 Å². The lowest BCUT2D eigenvalue weighted by Gasteiger charge is -2.25. The zero-order valence-corrected chi connectivity index (χ0v) is 14.6. The van der Waals surface area contributed by atoms with Crippen LogP contribution < -0.4 is 10.6 Å². The van der Waals surface area contributed by atoms with Crippen molar-refractivity contribution in [2.24, 2.45) is 0 Å². The van der Waals surface area contributed by atoms with E-state index in [4.69, 9.17) is 0 Å². The molecule has 1 aliphatic heterocycles. The summed E-state index contributed by atoms with van der Waals surface area (Å²) in [6, 6.07) is 7.31. The van der Waals surface area contributed by atoms with E-state index in [1.54, 1.807) is 12.1 Å². The molecule has 1 fully saturated rings. The Morgan fingerprint density at radius 2 is 1.79 bits per heavy atom. The Bertz CT molecular complexity index is 537. The van der Waals surface area contributed by atoms with Crippen LogP contribution in [0.25, 0.3) is 0 Å². The first-order valence-corrected chi connectivity index (χ1v) is 9.10. The fourth-order valence-corrected chi connectivity index (χ4v) is 2.90. The highest BCUT2D eigenvalue weighted by molar-refractivity contribution is 5.95. The van der Waals surface area contributed by atoms with E-state index >= 15 is 0 Å². The minimum atomic E-state index is -0.0735. The number of carbonyl (C=O) groups is 2. The fourth-order valence-electron chi connectivity index (χ4n) is 2.90. The van der Waals surface area contributed by atoms with E-state index in [0.29, 0.717) is 12.1 Å². The number of hydrogen-bond acceptors (Lipinski definition) is 3. The van der Waals surface area contributed by atoms with E-state index in [1.807, 2.05) is 24.0 Å². The molecule has 0 radical (unpaired) electrons. The summed E-state index contributed by atoms with van der Waals surface area (Å²) in [5, 5.41) is 6.02. The van der Waals surface area contributed by atoms with Crippen molar-refractivity contribution in [3.63, 3.8) is 0 Å². The Balaban J connectivity index is 1.86. The molecule has 2 N–H and O–H groups in total. The van der Waals surface area contributed by atoms with Crippen molar-refractivity contribution in [3.8, 4) is 0 Å². The molecule has 2 rings (SSSR count). The van der Waals surface area contributed by atoms with Gasteiger partial charge >= 0.3 is 0 Å². The molecule has 1 aromatic carbocycles. The van der Waals surface area contributed by atoms with Crippen LogP contribution in [0.5, 0.6) is 0 Å². The normalized spacial score (nSPS) is 15.3. The third-order valence-electron chi connectivity index (χ3n) is 4.31. The predicted octanol–water partition coefficient (Wildman–Crippen LogP) is 3.03. The summed E-state index contributed by atoms with van der Waals surface area (Å²) in [6.07, 6.45) is 6.82. The van der Waals surface area contributed by atoms with Crippen molar-refractivity contribution in [1.82, 2.24) is 10.2 Å². The van der Waals surface area contributed by atoms with E-state index in [2.05, 4.69) is 10.6 Å². The summed E-state index contributed by atoms with van der Waals surface area (Å²) in [6.45, 7) is 4.69. The number of nitrogens with zero attached hydrogens (tertiary/aromatic N) is 1. The predicted molar refractivity (Wildman–Crippen MR) is 97.2 cm³/mol. The third-order valence-corrected chi connectivity index (χ3v) is 4.31. The van der Waals surface area contributed by atoms with Crippen LogP contribution in [0.2, 0.25) is 0 Å². The minimum Gasteiger partial charge on any atom is -0.376 e. The molecule has 1 saturated heterocycles. The highest BCUT2D eigenvalue weighted by Crippen LogP contribution is 2.13. The maximum atomic E-state index is 12.4. The molecule has 0 saturated carbocycles. The molecular formula is C19H29N3O2. The average molecular weight is 331 g/mol. The number of carbonyl (C=O) groups excluding carboxylic acids is 2. The lowest BCUT2D eigenvalue weighted by molar-refractivity contribution is -0.129. The van der Waals surface area contributed by atoms with Crippen LogP contribution in [0, 0.1) is 0 Å². The van der Waals surface area contributed by atoms with Gasteiger partial charge in [-0.3, -0.25) is 9.59 Å². The fraction of sp³-hybridized carbons (Fsp3) is 0.579. The second kappa shape index (κ2) is 9.96. The van der Waals surface area contributed by atoms with Crippen LogP contribution in [0.4, 0.5) is 5.69 Å². The molecule has 2 amide bonds. The average Bonchev–Trinajstić information content (AvgIpc) is 2.57. The maximum absolute atomic E-state index is 12.4. The standard InChI is InChI=1S/C19H29N3O2/c1-2-11-20-19(24)16-9-8-10-17(14-16)21-15-18(23)22-12-6-4-3-5-7-13-22/h8-10,14,21H,2-7,11-13,15H2,1H3,(H,20,24). The van der Waals surface area contributed by atoms with Gasteiger partial charge in [-0.15, -0.1) is 0 Å². The Morgan fingerprint density at radius 1 is 1.08 bits per heavy atom. The van der Waals surface area contributed by atoms with E-state index in [1.165, 1.54) is 19.3 Å². The van der Waals surface area contributed by atoms with Gasteiger partial charge < -0.3 is 15.5 Å². The van der Waals surface area contributed by atoms with Crippen molar-refractivity contribution >= 4 is 17.5 Å². The van der Waals surface area contributed by atoms with Crippen molar-refractivity contribution in [3.05, 3.63) is 29.8 Å². The second-order valence-electron chi connectivity index (χ2n) is 6.34. The van der Waals surface area contributed by atoms with Crippen LogP contribution in [0.15, 0.2) is 24.3 Å². The number of likely N-dealkylation sites (tertiary alicyclic amines) is 1. The number of rotatable bonds is 6. The first-order chi connectivity index (χ1) is 11.7. The number of benzene rings is 1. The van der Waals surface area contributed by atoms with Crippen molar-refractivity contribution in [2.75, 3.05) is 31.5 Å². The summed E-state index contributed by atoms with van der Waals surface area (Å²) in [7, 11) is 0. The summed E-state index contributed by atoms with van der Waals surface area (Å²) in [5.74, 6) is 0.0633. The molecule has 1 aromatic rings. The summed E-state index contributed by atoms with van der Waals surface area (Å²) >= 11 is 0. The minimum absolute atomic E-state index is 0.0735. The molecule has 132 valence electrons. The Kier molecular flexibility index (Phi) is 7.59. The van der Waals surface area contributed by atoms with E-state index in [9.17, 15) is 9.59 Å².